The van der Waals surface area contributed by atoms with Crippen molar-refractivity contribution in [3.63, 3.8) is 0 Å². The van der Waals surface area contributed by atoms with Crippen molar-refractivity contribution in [2.75, 3.05) is 6.54 Å². The van der Waals surface area contributed by atoms with E-state index < -0.39 is 5.54 Å². The Bertz CT molecular complexity index is 693. The molecule has 2 rings (SSSR count). The highest BCUT2D eigenvalue weighted by molar-refractivity contribution is 5.96. The van der Waals surface area contributed by atoms with E-state index in [1.54, 1.807) is 0 Å². The third-order valence-corrected chi connectivity index (χ3v) is 3.74. The molecule has 0 aliphatic carbocycles. The Labute approximate surface area is 132 Å². The Morgan fingerprint density at radius 1 is 1.23 bits per heavy atom. The topological polar surface area (TPSA) is 60.0 Å². The summed E-state index contributed by atoms with van der Waals surface area (Å²) < 4.78 is 2.12. The van der Waals surface area contributed by atoms with Crippen LogP contribution in [0.25, 0.3) is 5.69 Å². The van der Waals surface area contributed by atoms with Gasteiger partial charge in [-0.3, -0.25) is 4.79 Å². The quantitative estimate of drug-likeness (QED) is 0.912. The Kier molecular flexibility index (Phi) is 4.42. The molecule has 0 aliphatic heterocycles. The van der Waals surface area contributed by atoms with Gasteiger partial charge in [0.15, 0.2) is 0 Å². The van der Waals surface area contributed by atoms with Crippen LogP contribution >= 0.6 is 0 Å². The van der Waals surface area contributed by atoms with E-state index in [1.165, 1.54) is 5.56 Å². The summed E-state index contributed by atoms with van der Waals surface area (Å²) in [6.45, 7) is 10.3. The van der Waals surface area contributed by atoms with Gasteiger partial charge in [0.05, 0.1) is 5.56 Å². The van der Waals surface area contributed by atoms with Gasteiger partial charge in [0.25, 0.3) is 5.91 Å². The van der Waals surface area contributed by atoms with E-state index in [-0.39, 0.29) is 5.91 Å². The summed E-state index contributed by atoms with van der Waals surface area (Å²) in [6, 6.07) is 10.1. The average molecular weight is 299 g/mol. The number of nitrogens with zero attached hydrogens (tertiary/aromatic N) is 1. The Hall–Kier alpha value is -2.07. The van der Waals surface area contributed by atoms with Crippen LogP contribution in [-0.4, -0.2) is 22.6 Å². The number of carbonyl (C=O) groups excluding carboxylic acids is 1. The van der Waals surface area contributed by atoms with Crippen molar-refractivity contribution >= 4 is 5.91 Å². The number of hydrogen-bond acceptors (Lipinski definition) is 2. The summed E-state index contributed by atoms with van der Waals surface area (Å²) in [6.07, 6.45) is 0. The minimum atomic E-state index is -0.419. The number of rotatable bonds is 4. The summed E-state index contributed by atoms with van der Waals surface area (Å²) in [5.74, 6) is -0.0774. The molecule has 1 aromatic heterocycles. The molecule has 0 atom stereocenters. The highest BCUT2D eigenvalue weighted by atomic mass is 16.1. The third-order valence-electron chi connectivity index (χ3n) is 3.74. The molecule has 22 heavy (non-hydrogen) atoms. The lowest BCUT2D eigenvalue weighted by atomic mass is 10.1. The molecule has 0 aliphatic rings. The van der Waals surface area contributed by atoms with Gasteiger partial charge in [-0.1, -0.05) is 18.2 Å². The van der Waals surface area contributed by atoms with Crippen molar-refractivity contribution in [1.82, 2.24) is 9.88 Å². The van der Waals surface area contributed by atoms with Crippen molar-refractivity contribution < 1.29 is 4.79 Å². The van der Waals surface area contributed by atoms with Crippen LogP contribution in [-0.2, 0) is 0 Å². The van der Waals surface area contributed by atoms with Crippen LogP contribution in [0.1, 0.15) is 41.2 Å². The normalized spacial score (nSPS) is 11.5. The van der Waals surface area contributed by atoms with Gasteiger partial charge in [-0.25, -0.2) is 0 Å². The van der Waals surface area contributed by atoms with E-state index >= 15 is 0 Å². The zero-order valence-corrected chi connectivity index (χ0v) is 14.0. The largest absolute Gasteiger partial charge is 0.350 e. The second kappa shape index (κ2) is 5.97. The smallest absolute Gasteiger partial charge is 0.253 e. The summed E-state index contributed by atoms with van der Waals surface area (Å²) in [5, 5.41) is 2.91. The van der Waals surface area contributed by atoms with Gasteiger partial charge >= 0.3 is 0 Å². The SMILES string of the molecule is Cc1ccccc1-n1c(C)cc(C(=O)NCC(C)(C)N)c1C. The second-order valence-corrected chi connectivity index (χ2v) is 6.58. The highest BCUT2D eigenvalue weighted by Crippen LogP contribution is 2.23. The van der Waals surface area contributed by atoms with Crippen molar-refractivity contribution in [2.45, 2.75) is 40.2 Å². The van der Waals surface area contributed by atoms with Gasteiger partial charge < -0.3 is 15.6 Å². The fourth-order valence-corrected chi connectivity index (χ4v) is 2.58. The number of aromatic nitrogens is 1. The molecule has 1 heterocycles. The number of para-hydroxylation sites is 1. The van der Waals surface area contributed by atoms with E-state index in [0.29, 0.717) is 12.1 Å². The molecule has 0 saturated heterocycles. The lowest BCUT2D eigenvalue weighted by Gasteiger charge is -2.19. The lowest BCUT2D eigenvalue weighted by molar-refractivity contribution is 0.0945. The lowest BCUT2D eigenvalue weighted by Crippen LogP contribution is -2.45. The number of aryl methyl sites for hydroxylation is 2. The number of carbonyl (C=O) groups is 1. The molecule has 4 heteroatoms. The third kappa shape index (κ3) is 3.39. The molecule has 0 fully saturated rings. The molecule has 118 valence electrons. The van der Waals surface area contributed by atoms with Gasteiger partial charge in [0.2, 0.25) is 0 Å². The highest BCUT2D eigenvalue weighted by Gasteiger charge is 2.19. The first kappa shape index (κ1) is 16.3. The Balaban J connectivity index is 2.36. The molecular formula is C18H25N3O. The fourth-order valence-electron chi connectivity index (χ4n) is 2.58. The summed E-state index contributed by atoms with van der Waals surface area (Å²) in [5.41, 5.74) is 10.5. The molecule has 0 radical (unpaired) electrons. The molecule has 1 amide bonds. The van der Waals surface area contributed by atoms with Crippen LogP contribution < -0.4 is 11.1 Å². The molecule has 0 bridgehead atoms. The van der Waals surface area contributed by atoms with Gasteiger partial charge in [-0.05, 0) is 52.3 Å². The Morgan fingerprint density at radius 2 is 1.86 bits per heavy atom. The number of nitrogens with one attached hydrogen (secondary N) is 1. The second-order valence-electron chi connectivity index (χ2n) is 6.58. The minimum Gasteiger partial charge on any atom is -0.350 e. The van der Waals surface area contributed by atoms with Gasteiger partial charge in [-0.2, -0.15) is 0 Å². The van der Waals surface area contributed by atoms with Crippen molar-refractivity contribution in [1.29, 1.82) is 0 Å². The molecule has 0 saturated carbocycles. The fraction of sp³-hybridized carbons (Fsp3) is 0.389. The summed E-state index contributed by atoms with van der Waals surface area (Å²) in [7, 11) is 0. The monoisotopic (exact) mass is 299 g/mol. The average Bonchev–Trinajstić information content (AvgIpc) is 2.72. The first-order chi connectivity index (χ1) is 10.2. The summed E-state index contributed by atoms with van der Waals surface area (Å²) in [4.78, 5) is 12.4. The van der Waals surface area contributed by atoms with E-state index in [4.69, 9.17) is 5.73 Å². The van der Waals surface area contributed by atoms with E-state index in [2.05, 4.69) is 28.9 Å². The van der Waals surface area contributed by atoms with Gasteiger partial charge in [0, 0.05) is 29.2 Å². The predicted octanol–water partition coefficient (Wildman–Crippen LogP) is 2.87. The maximum absolute atomic E-state index is 12.4. The molecule has 3 N–H and O–H groups in total. The van der Waals surface area contributed by atoms with Crippen molar-refractivity contribution in [3.8, 4) is 5.69 Å². The maximum atomic E-state index is 12.4. The maximum Gasteiger partial charge on any atom is 0.253 e. The van der Waals surface area contributed by atoms with Crippen LogP contribution in [0.2, 0.25) is 0 Å². The number of amides is 1. The molecular weight excluding hydrogens is 274 g/mol. The van der Waals surface area contributed by atoms with E-state index in [9.17, 15) is 4.79 Å². The first-order valence-electron chi connectivity index (χ1n) is 7.53. The van der Waals surface area contributed by atoms with Crippen LogP contribution in [0.4, 0.5) is 0 Å². The Morgan fingerprint density at radius 3 is 2.45 bits per heavy atom. The molecule has 0 spiro atoms. The van der Waals surface area contributed by atoms with Crippen LogP contribution in [0.15, 0.2) is 30.3 Å². The number of hydrogen-bond donors (Lipinski definition) is 2. The van der Waals surface area contributed by atoms with Gasteiger partial charge in [0.1, 0.15) is 0 Å². The van der Waals surface area contributed by atoms with Crippen LogP contribution in [0.5, 0.6) is 0 Å². The minimum absolute atomic E-state index is 0.0774. The molecule has 4 nitrogen and oxygen atoms in total. The zero-order valence-electron chi connectivity index (χ0n) is 14.0. The predicted molar refractivity (Wildman–Crippen MR) is 90.6 cm³/mol. The van der Waals surface area contributed by atoms with E-state index in [1.807, 2.05) is 45.9 Å². The number of benzene rings is 1. The molecule has 1 aromatic carbocycles. The standard InChI is InChI=1S/C18H25N3O/c1-12-8-6-7-9-16(12)21-13(2)10-15(14(21)3)17(22)20-11-18(4,5)19/h6-10H,11,19H2,1-5H3,(H,20,22). The van der Waals surface area contributed by atoms with Crippen molar-refractivity contribution in [2.24, 2.45) is 5.73 Å². The van der Waals surface area contributed by atoms with Crippen LogP contribution in [0.3, 0.4) is 0 Å². The van der Waals surface area contributed by atoms with Gasteiger partial charge in [-0.15, -0.1) is 0 Å². The molecule has 0 unspecified atom stereocenters. The zero-order chi connectivity index (χ0) is 16.5. The number of nitrogens with two attached hydrogens (primary N) is 1. The van der Waals surface area contributed by atoms with Crippen molar-refractivity contribution in [3.05, 3.63) is 52.8 Å². The van der Waals surface area contributed by atoms with Crippen LogP contribution in [0, 0.1) is 20.8 Å². The summed E-state index contributed by atoms with van der Waals surface area (Å²) >= 11 is 0. The van der Waals surface area contributed by atoms with E-state index in [0.717, 1.165) is 17.1 Å². The first-order valence-corrected chi connectivity index (χ1v) is 7.53. The molecule has 2 aromatic rings.